The molecule has 0 spiro atoms. The summed E-state index contributed by atoms with van der Waals surface area (Å²) in [6.45, 7) is 6.63. The molecule has 0 fully saturated rings. The van der Waals surface area contributed by atoms with Crippen LogP contribution in [-0.2, 0) is 17.6 Å². The van der Waals surface area contributed by atoms with Crippen molar-refractivity contribution in [2.24, 2.45) is 0 Å². The van der Waals surface area contributed by atoms with E-state index in [4.69, 9.17) is 9.26 Å². The zero-order valence-corrected chi connectivity index (χ0v) is 16.5. The summed E-state index contributed by atoms with van der Waals surface area (Å²) in [6.07, 6.45) is 1.54. The summed E-state index contributed by atoms with van der Waals surface area (Å²) >= 11 is 0. The molecule has 0 radical (unpaired) electrons. The van der Waals surface area contributed by atoms with E-state index in [0.29, 0.717) is 24.7 Å². The van der Waals surface area contributed by atoms with Crippen LogP contribution in [0.5, 0.6) is 5.75 Å². The Morgan fingerprint density at radius 3 is 2.64 bits per heavy atom. The minimum Gasteiger partial charge on any atom is -0.494 e. The van der Waals surface area contributed by atoms with Crippen LogP contribution < -0.4 is 10.1 Å². The minimum absolute atomic E-state index is 0.0650. The molecule has 1 heterocycles. The predicted octanol–water partition coefficient (Wildman–Crippen LogP) is 4.58. The van der Waals surface area contributed by atoms with Gasteiger partial charge in [-0.25, -0.2) is 0 Å². The van der Waals surface area contributed by atoms with E-state index in [2.05, 4.69) is 22.4 Å². The molecule has 1 aromatic heterocycles. The third-order valence-electron chi connectivity index (χ3n) is 4.46. The number of hydrogen-bond donors (Lipinski definition) is 1. The number of amides is 1. The van der Waals surface area contributed by atoms with E-state index in [-0.39, 0.29) is 12.3 Å². The van der Waals surface area contributed by atoms with Crippen molar-refractivity contribution in [2.75, 3.05) is 11.9 Å². The summed E-state index contributed by atoms with van der Waals surface area (Å²) in [5.74, 6) is 1.68. The van der Waals surface area contributed by atoms with Gasteiger partial charge in [0.1, 0.15) is 5.75 Å². The highest BCUT2D eigenvalue weighted by Crippen LogP contribution is 2.22. The quantitative estimate of drug-likeness (QED) is 0.620. The van der Waals surface area contributed by atoms with Crippen molar-refractivity contribution < 1.29 is 14.1 Å². The average Bonchev–Trinajstić information content (AvgIpc) is 3.18. The molecule has 1 amide bonds. The Bertz CT molecular complexity index is 932. The maximum absolute atomic E-state index is 12.4. The van der Waals surface area contributed by atoms with Crippen molar-refractivity contribution in [1.29, 1.82) is 0 Å². The van der Waals surface area contributed by atoms with E-state index in [1.54, 1.807) is 0 Å². The van der Waals surface area contributed by atoms with Crippen LogP contribution in [0.25, 0.3) is 11.4 Å². The number of nitrogens with zero attached hydrogens (tertiary/aromatic N) is 2. The van der Waals surface area contributed by atoms with Crippen LogP contribution in [0.3, 0.4) is 0 Å². The van der Waals surface area contributed by atoms with E-state index >= 15 is 0 Å². The lowest BCUT2D eigenvalue weighted by Crippen LogP contribution is -2.14. The number of para-hydroxylation sites is 1. The molecule has 3 aromatic rings. The van der Waals surface area contributed by atoms with Gasteiger partial charge in [-0.3, -0.25) is 4.79 Å². The van der Waals surface area contributed by atoms with Crippen molar-refractivity contribution in [1.82, 2.24) is 10.1 Å². The number of ether oxygens (including phenoxy) is 1. The first-order valence-corrected chi connectivity index (χ1v) is 9.54. The maximum atomic E-state index is 12.4. The van der Waals surface area contributed by atoms with Gasteiger partial charge in [0.2, 0.25) is 17.6 Å². The Morgan fingerprint density at radius 2 is 1.93 bits per heavy atom. The number of anilines is 1. The molecule has 0 saturated heterocycles. The first-order valence-electron chi connectivity index (χ1n) is 9.54. The first kappa shape index (κ1) is 19.6. The standard InChI is InChI=1S/C22H25N3O3/c1-4-16-8-6-7-15(3)21(16)23-19(26)13-14-20-24-22(25-28-20)17-9-11-18(12-10-17)27-5-2/h6-12H,4-5,13-14H2,1-3H3,(H,23,26). The van der Waals surface area contributed by atoms with Gasteiger partial charge in [0.05, 0.1) is 6.61 Å². The summed E-state index contributed by atoms with van der Waals surface area (Å²) in [5, 5.41) is 7.02. The molecule has 0 saturated carbocycles. The highest BCUT2D eigenvalue weighted by molar-refractivity contribution is 5.92. The summed E-state index contributed by atoms with van der Waals surface area (Å²) < 4.78 is 10.7. The largest absolute Gasteiger partial charge is 0.494 e. The molecule has 0 bridgehead atoms. The molecule has 0 unspecified atom stereocenters. The number of aryl methyl sites for hydroxylation is 3. The number of rotatable bonds is 8. The molecule has 1 N–H and O–H groups in total. The highest BCUT2D eigenvalue weighted by Gasteiger charge is 2.13. The topological polar surface area (TPSA) is 77.2 Å². The van der Waals surface area contributed by atoms with Gasteiger partial charge in [-0.1, -0.05) is 30.3 Å². The molecule has 2 aromatic carbocycles. The Hall–Kier alpha value is -3.15. The zero-order chi connectivity index (χ0) is 19.9. The fourth-order valence-electron chi connectivity index (χ4n) is 2.96. The van der Waals surface area contributed by atoms with E-state index in [1.165, 1.54) is 0 Å². The van der Waals surface area contributed by atoms with Crippen molar-refractivity contribution >= 4 is 11.6 Å². The normalized spacial score (nSPS) is 10.7. The smallest absolute Gasteiger partial charge is 0.227 e. The molecular weight excluding hydrogens is 354 g/mol. The third kappa shape index (κ3) is 4.76. The Balaban J connectivity index is 1.59. The van der Waals surface area contributed by atoms with Gasteiger partial charge in [-0.2, -0.15) is 4.98 Å². The number of carbonyl (C=O) groups excluding carboxylic acids is 1. The van der Waals surface area contributed by atoms with Crippen LogP contribution >= 0.6 is 0 Å². The lowest BCUT2D eigenvalue weighted by molar-refractivity contribution is -0.116. The molecule has 0 aliphatic heterocycles. The minimum atomic E-state index is -0.0650. The second kappa shape index (κ2) is 9.17. The summed E-state index contributed by atoms with van der Waals surface area (Å²) in [7, 11) is 0. The van der Waals surface area contributed by atoms with Crippen LogP contribution in [0, 0.1) is 6.92 Å². The van der Waals surface area contributed by atoms with Crippen LogP contribution in [0.2, 0.25) is 0 Å². The fraction of sp³-hybridized carbons (Fsp3) is 0.318. The van der Waals surface area contributed by atoms with Crippen molar-refractivity contribution in [3.8, 4) is 17.1 Å². The van der Waals surface area contributed by atoms with Gasteiger partial charge in [-0.05, 0) is 55.7 Å². The SMILES string of the molecule is CCOc1ccc(-c2noc(CCC(=O)Nc3c(C)cccc3CC)n2)cc1. The number of aromatic nitrogens is 2. The second-order valence-corrected chi connectivity index (χ2v) is 6.48. The van der Waals surface area contributed by atoms with Crippen molar-refractivity contribution in [2.45, 2.75) is 40.0 Å². The Morgan fingerprint density at radius 1 is 1.14 bits per heavy atom. The number of carbonyl (C=O) groups is 1. The third-order valence-corrected chi connectivity index (χ3v) is 4.46. The highest BCUT2D eigenvalue weighted by atomic mass is 16.5. The molecule has 146 valence electrons. The van der Waals surface area contributed by atoms with Crippen LogP contribution in [0.15, 0.2) is 47.0 Å². The lowest BCUT2D eigenvalue weighted by Gasteiger charge is -2.12. The second-order valence-electron chi connectivity index (χ2n) is 6.48. The average molecular weight is 379 g/mol. The molecule has 3 rings (SSSR count). The van der Waals surface area contributed by atoms with Gasteiger partial charge in [-0.15, -0.1) is 0 Å². The monoisotopic (exact) mass is 379 g/mol. The van der Waals surface area contributed by atoms with Crippen LogP contribution in [0.4, 0.5) is 5.69 Å². The number of nitrogens with one attached hydrogen (secondary N) is 1. The summed E-state index contributed by atoms with van der Waals surface area (Å²) in [5.41, 5.74) is 3.93. The predicted molar refractivity (Wildman–Crippen MR) is 108 cm³/mol. The molecule has 0 atom stereocenters. The zero-order valence-electron chi connectivity index (χ0n) is 16.5. The maximum Gasteiger partial charge on any atom is 0.227 e. The van der Waals surface area contributed by atoms with Gasteiger partial charge >= 0.3 is 0 Å². The lowest BCUT2D eigenvalue weighted by atomic mass is 10.1. The summed E-state index contributed by atoms with van der Waals surface area (Å²) in [6, 6.07) is 13.5. The molecule has 0 aliphatic rings. The van der Waals surface area contributed by atoms with Crippen LogP contribution in [0.1, 0.15) is 37.3 Å². The van der Waals surface area contributed by atoms with E-state index in [9.17, 15) is 4.79 Å². The number of hydrogen-bond acceptors (Lipinski definition) is 5. The van der Waals surface area contributed by atoms with E-state index in [1.807, 2.05) is 56.3 Å². The van der Waals surface area contributed by atoms with Gasteiger partial charge < -0.3 is 14.6 Å². The Kier molecular flexibility index (Phi) is 6.42. The van der Waals surface area contributed by atoms with Gasteiger partial charge in [0.25, 0.3) is 0 Å². The van der Waals surface area contributed by atoms with Gasteiger partial charge in [0, 0.05) is 24.1 Å². The Labute approximate surface area is 164 Å². The van der Waals surface area contributed by atoms with Crippen LogP contribution in [-0.4, -0.2) is 22.7 Å². The molecule has 6 heteroatoms. The van der Waals surface area contributed by atoms with E-state index in [0.717, 1.165) is 34.5 Å². The summed E-state index contributed by atoms with van der Waals surface area (Å²) in [4.78, 5) is 16.8. The van der Waals surface area contributed by atoms with Gasteiger partial charge in [0.15, 0.2) is 0 Å². The molecule has 0 aliphatic carbocycles. The van der Waals surface area contributed by atoms with Crippen molar-refractivity contribution in [3.05, 3.63) is 59.5 Å². The molecule has 6 nitrogen and oxygen atoms in total. The molecule has 28 heavy (non-hydrogen) atoms. The number of benzene rings is 2. The fourth-order valence-corrected chi connectivity index (χ4v) is 2.96. The van der Waals surface area contributed by atoms with Crippen molar-refractivity contribution in [3.63, 3.8) is 0 Å². The van der Waals surface area contributed by atoms with E-state index < -0.39 is 0 Å². The molecular formula is C22H25N3O3. The first-order chi connectivity index (χ1) is 13.6.